The largest absolute Gasteiger partial charge is 0.508 e. The van der Waals surface area contributed by atoms with Gasteiger partial charge in [0, 0.05) is 5.56 Å². The van der Waals surface area contributed by atoms with Crippen LogP contribution in [-0.2, 0) is 12.8 Å². The van der Waals surface area contributed by atoms with Crippen molar-refractivity contribution in [3.05, 3.63) is 40.1 Å². The van der Waals surface area contributed by atoms with E-state index in [-0.39, 0.29) is 5.75 Å². The summed E-state index contributed by atoms with van der Waals surface area (Å²) >= 11 is 3.60. The quantitative estimate of drug-likeness (QED) is 0.871. The molecule has 2 aromatic rings. The number of aromatic nitrogens is 2. The van der Waals surface area contributed by atoms with Crippen molar-refractivity contribution in [2.24, 2.45) is 0 Å². The highest BCUT2D eigenvalue weighted by Crippen LogP contribution is 2.30. The van der Waals surface area contributed by atoms with Gasteiger partial charge in [0.05, 0.1) is 11.4 Å². The SMILES string of the molecule is Oc1ccc(-n2nc3c(c2Br)CCC3)cc1. The van der Waals surface area contributed by atoms with E-state index in [1.54, 1.807) is 12.1 Å². The maximum atomic E-state index is 9.25. The van der Waals surface area contributed by atoms with Crippen LogP contribution in [0.3, 0.4) is 0 Å². The molecule has 1 heterocycles. The molecule has 1 aromatic heterocycles. The molecule has 4 heteroatoms. The first-order chi connectivity index (χ1) is 7.75. The van der Waals surface area contributed by atoms with Crippen LogP contribution in [0.25, 0.3) is 5.69 Å². The molecule has 1 aliphatic carbocycles. The molecule has 0 aliphatic heterocycles. The van der Waals surface area contributed by atoms with Crippen molar-refractivity contribution in [2.75, 3.05) is 0 Å². The summed E-state index contributed by atoms with van der Waals surface area (Å²) in [6.45, 7) is 0. The van der Waals surface area contributed by atoms with Crippen LogP contribution >= 0.6 is 15.9 Å². The molecule has 0 spiro atoms. The molecular formula is C12H11BrN2O. The lowest BCUT2D eigenvalue weighted by molar-refractivity contribution is 0.475. The van der Waals surface area contributed by atoms with E-state index in [2.05, 4.69) is 21.0 Å². The van der Waals surface area contributed by atoms with Gasteiger partial charge in [-0.25, -0.2) is 4.68 Å². The number of benzene rings is 1. The van der Waals surface area contributed by atoms with E-state index >= 15 is 0 Å². The fraction of sp³-hybridized carbons (Fsp3) is 0.250. The lowest BCUT2D eigenvalue weighted by atomic mass is 10.3. The van der Waals surface area contributed by atoms with Gasteiger partial charge < -0.3 is 5.11 Å². The Kier molecular flexibility index (Phi) is 2.24. The van der Waals surface area contributed by atoms with Gasteiger partial charge in [0.15, 0.2) is 0 Å². The van der Waals surface area contributed by atoms with Crippen LogP contribution in [0.15, 0.2) is 28.9 Å². The fourth-order valence-corrected chi connectivity index (χ4v) is 2.83. The van der Waals surface area contributed by atoms with Gasteiger partial charge in [-0.1, -0.05) is 0 Å². The summed E-state index contributed by atoms with van der Waals surface area (Å²) in [6, 6.07) is 7.08. The van der Waals surface area contributed by atoms with Crippen molar-refractivity contribution < 1.29 is 5.11 Å². The highest BCUT2D eigenvalue weighted by Gasteiger charge is 2.20. The highest BCUT2D eigenvalue weighted by molar-refractivity contribution is 9.10. The molecule has 0 unspecified atom stereocenters. The molecule has 0 saturated heterocycles. The average Bonchev–Trinajstić information content (AvgIpc) is 2.84. The van der Waals surface area contributed by atoms with E-state index in [1.165, 1.54) is 17.7 Å². The van der Waals surface area contributed by atoms with Crippen molar-refractivity contribution in [3.8, 4) is 11.4 Å². The second-order valence-electron chi connectivity index (χ2n) is 4.00. The molecule has 0 atom stereocenters. The third kappa shape index (κ3) is 1.45. The number of aromatic hydroxyl groups is 1. The van der Waals surface area contributed by atoms with Gasteiger partial charge in [-0.05, 0) is 59.5 Å². The Bertz CT molecular complexity index is 531. The number of nitrogens with zero attached hydrogens (tertiary/aromatic N) is 2. The van der Waals surface area contributed by atoms with Crippen LogP contribution in [0, 0.1) is 0 Å². The zero-order valence-electron chi connectivity index (χ0n) is 8.65. The number of hydrogen-bond donors (Lipinski definition) is 1. The lowest BCUT2D eigenvalue weighted by Crippen LogP contribution is -1.98. The predicted molar refractivity (Wildman–Crippen MR) is 65.0 cm³/mol. The number of rotatable bonds is 1. The van der Waals surface area contributed by atoms with E-state index in [9.17, 15) is 5.11 Å². The van der Waals surface area contributed by atoms with Gasteiger partial charge in [0.25, 0.3) is 0 Å². The second-order valence-corrected chi connectivity index (χ2v) is 4.75. The standard InChI is InChI=1S/C12H11BrN2O/c13-12-10-2-1-3-11(10)14-15(12)8-4-6-9(16)7-5-8/h4-7,16H,1-3H2. The summed E-state index contributed by atoms with van der Waals surface area (Å²) in [5.74, 6) is 0.277. The van der Waals surface area contributed by atoms with E-state index in [0.717, 1.165) is 23.1 Å². The number of phenols is 1. The summed E-state index contributed by atoms with van der Waals surface area (Å²) in [5.41, 5.74) is 3.49. The van der Waals surface area contributed by atoms with Gasteiger partial charge in [-0.3, -0.25) is 0 Å². The molecule has 0 amide bonds. The Morgan fingerprint density at radius 1 is 1.19 bits per heavy atom. The summed E-state index contributed by atoms with van der Waals surface area (Å²) in [4.78, 5) is 0. The maximum absolute atomic E-state index is 9.25. The van der Waals surface area contributed by atoms with Crippen molar-refractivity contribution in [1.29, 1.82) is 0 Å². The van der Waals surface area contributed by atoms with Crippen molar-refractivity contribution >= 4 is 15.9 Å². The minimum Gasteiger partial charge on any atom is -0.508 e. The number of phenolic OH excluding ortho intramolecular Hbond substituents is 1. The van der Waals surface area contributed by atoms with Crippen molar-refractivity contribution in [3.63, 3.8) is 0 Å². The summed E-state index contributed by atoms with van der Waals surface area (Å²) in [5, 5.41) is 13.8. The van der Waals surface area contributed by atoms with E-state index in [4.69, 9.17) is 0 Å². The first-order valence-electron chi connectivity index (χ1n) is 5.31. The van der Waals surface area contributed by atoms with E-state index < -0.39 is 0 Å². The van der Waals surface area contributed by atoms with E-state index in [1.807, 2.05) is 16.8 Å². The van der Waals surface area contributed by atoms with Crippen molar-refractivity contribution in [1.82, 2.24) is 9.78 Å². The lowest BCUT2D eigenvalue weighted by Gasteiger charge is -2.04. The molecule has 1 N–H and O–H groups in total. The molecule has 0 radical (unpaired) electrons. The number of hydrogen-bond acceptors (Lipinski definition) is 2. The number of halogens is 1. The number of fused-ring (bicyclic) bond motifs is 1. The van der Waals surface area contributed by atoms with Crippen LogP contribution in [0.1, 0.15) is 17.7 Å². The zero-order chi connectivity index (χ0) is 11.1. The first-order valence-corrected chi connectivity index (χ1v) is 6.10. The average molecular weight is 279 g/mol. The van der Waals surface area contributed by atoms with E-state index in [0.29, 0.717) is 0 Å². The molecule has 82 valence electrons. The maximum Gasteiger partial charge on any atom is 0.115 e. The highest BCUT2D eigenvalue weighted by atomic mass is 79.9. The Hall–Kier alpha value is -1.29. The smallest absolute Gasteiger partial charge is 0.115 e. The van der Waals surface area contributed by atoms with Crippen molar-refractivity contribution in [2.45, 2.75) is 19.3 Å². The van der Waals surface area contributed by atoms with Crippen LogP contribution in [-0.4, -0.2) is 14.9 Å². The van der Waals surface area contributed by atoms with Gasteiger partial charge in [0.1, 0.15) is 10.4 Å². The van der Waals surface area contributed by atoms with Crippen LogP contribution < -0.4 is 0 Å². The normalized spacial score (nSPS) is 14.1. The summed E-state index contributed by atoms with van der Waals surface area (Å²) < 4.78 is 2.94. The fourth-order valence-electron chi connectivity index (χ4n) is 2.12. The second kappa shape index (κ2) is 3.63. The van der Waals surface area contributed by atoms with Gasteiger partial charge in [-0.15, -0.1) is 0 Å². The predicted octanol–water partition coefficient (Wildman–Crippen LogP) is 2.83. The summed E-state index contributed by atoms with van der Waals surface area (Å²) in [6.07, 6.45) is 3.37. The monoisotopic (exact) mass is 278 g/mol. The topological polar surface area (TPSA) is 38.0 Å². The van der Waals surface area contributed by atoms with Gasteiger partial charge in [0.2, 0.25) is 0 Å². The molecule has 16 heavy (non-hydrogen) atoms. The third-order valence-corrected chi connectivity index (χ3v) is 3.75. The molecule has 0 saturated carbocycles. The first kappa shape index (κ1) is 9.90. The Morgan fingerprint density at radius 3 is 2.62 bits per heavy atom. The minimum absolute atomic E-state index is 0.277. The van der Waals surface area contributed by atoms with Crippen LogP contribution in [0.4, 0.5) is 0 Å². The Balaban J connectivity index is 2.10. The third-order valence-electron chi connectivity index (χ3n) is 2.94. The molecule has 1 aliphatic rings. The van der Waals surface area contributed by atoms with Crippen LogP contribution in [0.2, 0.25) is 0 Å². The molecule has 1 aromatic carbocycles. The Labute approximate surface area is 102 Å². The van der Waals surface area contributed by atoms with Gasteiger partial charge >= 0.3 is 0 Å². The number of aryl methyl sites for hydroxylation is 1. The Morgan fingerprint density at radius 2 is 1.94 bits per heavy atom. The zero-order valence-corrected chi connectivity index (χ0v) is 10.2. The minimum atomic E-state index is 0.277. The molecule has 3 rings (SSSR count). The van der Waals surface area contributed by atoms with Crippen LogP contribution in [0.5, 0.6) is 5.75 Å². The molecular weight excluding hydrogens is 268 g/mol. The molecule has 0 fully saturated rings. The summed E-state index contributed by atoms with van der Waals surface area (Å²) in [7, 11) is 0. The van der Waals surface area contributed by atoms with Gasteiger partial charge in [-0.2, -0.15) is 5.10 Å². The molecule has 0 bridgehead atoms. The molecule has 3 nitrogen and oxygen atoms in total.